The first kappa shape index (κ1) is 67.9. The molecule has 0 aliphatic heterocycles. The molecule has 0 unspecified atom stereocenters. The molecule has 0 fully saturated rings. The van der Waals surface area contributed by atoms with Gasteiger partial charge in [0.05, 0.1) is 12.5 Å². The van der Waals surface area contributed by atoms with Crippen LogP contribution in [0.1, 0.15) is 80.9 Å². The number of phenols is 1. The lowest BCUT2D eigenvalue weighted by molar-refractivity contribution is -0.143. The summed E-state index contributed by atoms with van der Waals surface area (Å²) in [5, 5.41) is 56.7. The molecule has 0 aliphatic carbocycles. The van der Waals surface area contributed by atoms with Crippen molar-refractivity contribution in [3.8, 4) is 5.75 Å². The van der Waals surface area contributed by atoms with Crippen molar-refractivity contribution >= 4 is 71.2 Å². The SMILES string of the molecule is NCCCC[C@@H](NC(=O)[C@H](CC(=O)O)NC(=O)[C@H](CCC(=O)O)NC(=O)[C@H](CCCN=C(N)N)NC(=O)[C@@H](Cc1ccc(O)cc1)NC(=O)[C@H](Cc1ccccc1)NC(=O)[C@@H](N)Cc1ccccc1)C(=O)N[C@@H](CCCN=C(N)N)C(=O)O. The van der Waals surface area contributed by atoms with Crippen LogP contribution < -0.4 is 71.6 Å². The van der Waals surface area contributed by atoms with Crippen molar-refractivity contribution in [3.05, 3.63) is 102 Å². The van der Waals surface area contributed by atoms with Crippen molar-refractivity contribution in [2.45, 2.75) is 132 Å². The Morgan fingerprint density at radius 3 is 1.24 bits per heavy atom. The van der Waals surface area contributed by atoms with E-state index in [0.29, 0.717) is 17.5 Å². The first-order valence-electron chi connectivity index (χ1n) is 26.7. The fraction of sp³-hybridized carbons (Fsp3) is 0.444. The van der Waals surface area contributed by atoms with Crippen LogP contribution in [0.3, 0.4) is 0 Å². The third-order valence-corrected chi connectivity index (χ3v) is 12.6. The van der Waals surface area contributed by atoms with Crippen molar-refractivity contribution in [3.63, 3.8) is 0 Å². The Bertz CT molecular complexity index is 2690. The quantitative estimate of drug-likeness (QED) is 0.0153. The summed E-state index contributed by atoms with van der Waals surface area (Å²) in [6.45, 7) is 0.123. The number of unbranched alkanes of at least 4 members (excludes halogenated alkanes) is 1. The highest BCUT2D eigenvalue weighted by Crippen LogP contribution is 2.15. The van der Waals surface area contributed by atoms with Crippen molar-refractivity contribution in [1.29, 1.82) is 0 Å². The van der Waals surface area contributed by atoms with Gasteiger partial charge in [0, 0.05) is 32.4 Å². The number of aliphatic carboxylic acids is 3. The van der Waals surface area contributed by atoms with Crippen LogP contribution in [0.25, 0.3) is 0 Å². The molecule has 83 heavy (non-hydrogen) atoms. The summed E-state index contributed by atoms with van der Waals surface area (Å²) in [5.74, 6) is -12.2. The topological polar surface area (TPSA) is 517 Å². The molecular weight excluding hydrogens is 1080 g/mol. The molecule has 0 spiro atoms. The van der Waals surface area contributed by atoms with E-state index in [1.807, 2.05) is 0 Å². The second kappa shape index (κ2) is 36.1. The predicted molar refractivity (Wildman–Crippen MR) is 303 cm³/mol. The molecule has 8 atom stereocenters. The number of benzene rings is 3. The van der Waals surface area contributed by atoms with Gasteiger partial charge >= 0.3 is 17.9 Å². The van der Waals surface area contributed by atoms with Crippen LogP contribution in [0.2, 0.25) is 0 Å². The van der Waals surface area contributed by atoms with E-state index in [9.17, 15) is 68.4 Å². The second-order valence-electron chi connectivity index (χ2n) is 19.3. The maximum Gasteiger partial charge on any atom is 0.326 e. The van der Waals surface area contributed by atoms with Gasteiger partial charge in [-0.25, -0.2) is 4.79 Å². The summed E-state index contributed by atoms with van der Waals surface area (Å²) < 4.78 is 0. The Morgan fingerprint density at radius 1 is 0.422 bits per heavy atom. The molecule has 29 heteroatoms. The number of carbonyl (C=O) groups is 10. The number of guanidine groups is 2. The van der Waals surface area contributed by atoms with Gasteiger partial charge in [0.25, 0.3) is 0 Å². The number of aromatic hydroxyl groups is 1. The Morgan fingerprint density at radius 2 is 0.795 bits per heavy atom. The van der Waals surface area contributed by atoms with Gasteiger partial charge in [-0.2, -0.15) is 0 Å². The number of aliphatic imine (C=N–C) groups is 2. The second-order valence-corrected chi connectivity index (χ2v) is 19.3. The Labute approximate surface area is 478 Å². The molecule has 452 valence electrons. The van der Waals surface area contributed by atoms with E-state index in [1.54, 1.807) is 60.7 Å². The van der Waals surface area contributed by atoms with E-state index < -0.39 is 127 Å². The van der Waals surface area contributed by atoms with E-state index in [4.69, 9.17) is 34.4 Å². The van der Waals surface area contributed by atoms with Crippen LogP contribution in [0, 0.1) is 0 Å². The molecule has 23 N–H and O–H groups in total. The molecule has 7 amide bonds. The van der Waals surface area contributed by atoms with Gasteiger partial charge in [-0.15, -0.1) is 0 Å². The molecule has 0 saturated carbocycles. The number of carbonyl (C=O) groups excluding carboxylic acids is 7. The predicted octanol–water partition coefficient (Wildman–Crippen LogP) is -3.20. The standard InChI is InChI=1S/C54H77N15O14/c55-24-8-7-15-36(47(77)66-39(52(82)83)17-10-26-62-54(59)60)63-51(81)42(30-44(73)74)69-48(78)38(22-23-43(71)72)65-46(76)37(16-9-25-61-53(57)58)64-49(79)41(29-33-18-20-34(70)21-19-33)68-50(80)40(28-32-13-5-2-6-14-32)67-45(75)35(56)27-31-11-3-1-4-12-31/h1-6,11-14,18-21,35-42,70H,7-10,15-17,22-30,55-56H2,(H,63,81)(H,64,79)(H,65,76)(H,66,77)(H,67,75)(H,68,80)(H,69,78)(H,71,72)(H,73,74)(H,82,83)(H4,57,58,61)(H4,59,60,62)/t35-,36+,37-,38-,39-,40-,41+,42-/m0/s1. The first-order valence-corrected chi connectivity index (χ1v) is 26.7. The molecule has 3 rings (SSSR count). The van der Waals surface area contributed by atoms with Crippen LogP contribution in [0.4, 0.5) is 0 Å². The zero-order valence-electron chi connectivity index (χ0n) is 45.7. The highest BCUT2D eigenvalue weighted by atomic mass is 16.4. The van der Waals surface area contributed by atoms with Crippen LogP contribution in [0.5, 0.6) is 5.75 Å². The molecule has 3 aromatic rings. The molecule has 0 saturated heterocycles. The summed E-state index contributed by atoms with van der Waals surface area (Å²) in [6, 6.07) is 10.8. The number of carboxylic acid groups (broad SMARTS) is 3. The zero-order chi connectivity index (χ0) is 61.4. The van der Waals surface area contributed by atoms with Gasteiger partial charge in [-0.3, -0.25) is 53.1 Å². The lowest BCUT2D eigenvalue weighted by Gasteiger charge is -2.28. The largest absolute Gasteiger partial charge is 0.508 e. The number of nitrogens with two attached hydrogens (primary N) is 6. The minimum atomic E-state index is -1.99. The van der Waals surface area contributed by atoms with Crippen molar-refractivity contribution in [2.24, 2.45) is 44.4 Å². The van der Waals surface area contributed by atoms with E-state index in [1.165, 1.54) is 24.3 Å². The molecule has 0 heterocycles. The maximum atomic E-state index is 14.6. The van der Waals surface area contributed by atoms with Crippen LogP contribution in [-0.2, 0) is 67.2 Å². The van der Waals surface area contributed by atoms with Gasteiger partial charge < -0.3 is 92.0 Å². The summed E-state index contributed by atoms with van der Waals surface area (Å²) in [7, 11) is 0. The summed E-state index contributed by atoms with van der Waals surface area (Å²) in [5.41, 5.74) is 35.5. The van der Waals surface area contributed by atoms with Gasteiger partial charge in [0.2, 0.25) is 41.4 Å². The molecule has 0 bridgehead atoms. The van der Waals surface area contributed by atoms with E-state index >= 15 is 0 Å². The van der Waals surface area contributed by atoms with Crippen molar-refractivity contribution < 1.29 is 68.4 Å². The summed E-state index contributed by atoms with van der Waals surface area (Å²) >= 11 is 0. The van der Waals surface area contributed by atoms with Gasteiger partial charge in [-0.05, 0) is 93.2 Å². The Kier molecular flexibility index (Phi) is 29.5. The molecule has 29 nitrogen and oxygen atoms in total. The molecule has 0 radical (unpaired) electrons. The summed E-state index contributed by atoms with van der Waals surface area (Å²) in [6.07, 6.45) is -2.54. The van der Waals surface area contributed by atoms with E-state index in [2.05, 4.69) is 47.2 Å². The van der Waals surface area contributed by atoms with E-state index in [-0.39, 0.29) is 95.1 Å². The smallest absolute Gasteiger partial charge is 0.326 e. The zero-order valence-corrected chi connectivity index (χ0v) is 45.7. The Balaban J connectivity index is 1.98. The summed E-state index contributed by atoms with van der Waals surface area (Å²) in [4.78, 5) is 143. The van der Waals surface area contributed by atoms with Crippen molar-refractivity contribution in [1.82, 2.24) is 37.2 Å². The lowest BCUT2D eigenvalue weighted by Crippen LogP contribution is -2.60. The Hall–Kier alpha value is -9.38. The number of carboxylic acids is 3. The van der Waals surface area contributed by atoms with Crippen LogP contribution in [-0.4, -0.2) is 160 Å². The monoisotopic (exact) mass is 1160 g/mol. The highest BCUT2D eigenvalue weighted by molar-refractivity contribution is 5.98. The number of phenolic OH excluding ortho intramolecular Hbond substituents is 1. The average Bonchev–Trinajstić information content (AvgIpc) is 3.48. The number of amides is 7. The number of hydrogen-bond acceptors (Lipinski definition) is 15. The lowest BCUT2D eigenvalue weighted by atomic mass is 10.0. The number of hydrogen-bond donors (Lipinski definition) is 17. The normalized spacial score (nSPS) is 13.7. The third kappa shape index (κ3) is 26.6. The molecule has 0 aromatic heterocycles. The average molecular weight is 1160 g/mol. The molecular formula is C54H77N15O14. The van der Waals surface area contributed by atoms with E-state index in [0.717, 1.165) is 5.56 Å². The molecule has 3 aromatic carbocycles. The number of rotatable bonds is 38. The number of nitrogens with one attached hydrogen (secondary N) is 7. The minimum Gasteiger partial charge on any atom is -0.508 e. The fourth-order valence-corrected chi connectivity index (χ4v) is 8.22. The molecule has 0 aliphatic rings. The van der Waals surface area contributed by atoms with Gasteiger partial charge in [0.15, 0.2) is 11.9 Å². The van der Waals surface area contributed by atoms with Gasteiger partial charge in [-0.1, -0.05) is 72.8 Å². The maximum absolute atomic E-state index is 14.6. The van der Waals surface area contributed by atoms with Crippen LogP contribution in [0.15, 0.2) is 94.9 Å². The van der Waals surface area contributed by atoms with Gasteiger partial charge in [0.1, 0.15) is 48.0 Å². The minimum absolute atomic E-state index is 0.00226. The van der Waals surface area contributed by atoms with Crippen molar-refractivity contribution in [2.75, 3.05) is 19.6 Å². The highest BCUT2D eigenvalue weighted by Gasteiger charge is 2.35. The first-order chi connectivity index (χ1) is 39.4. The third-order valence-electron chi connectivity index (χ3n) is 12.6. The number of nitrogens with zero attached hydrogens (tertiary/aromatic N) is 2. The van der Waals surface area contributed by atoms with Crippen LogP contribution >= 0.6 is 0 Å². The fourth-order valence-electron chi connectivity index (χ4n) is 8.22.